The summed E-state index contributed by atoms with van der Waals surface area (Å²) in [5.41, 5.74) is 0.0130. The summed E-state index contributed by atoms with van der Waals surface area (Å²) in [4.78, 5) is 3.14. The number of hydrogen-bond acceptors (Lipinski definition) is 5. The van der Waals surface area contributed by atoms with Crippen molar-refractivity contribution < 1.29 is 39.5 Å². The zero-order valence-electron chi connectivity index (χ0n) is 14.4. The largest absolute Gasteiger partial charge is 0.573 e. The molecule has 3 aromatic rings. The standard InChI is InChI=1S/C16H10F6N4O3S/c17-15(18,19)14-24-13(9-1-5-11(6-2-9)29-16(20,21)22)26(25-14)10-3-7-12(8-4-10)30(23,27)28/h1-8H,(H2,23,27,28). The smallest absolute Gasteiger partial charge is 0.406 e. The Kier molecular flexibility index (Phi) is 5.24. The van der Waals surface area contributed by atoms with Gasteiger partial charge in [-0.2, -0.15) is 13.2 Å². The molecule has 0 spiro atoms. The van der Waals surface area contributed by atoms with Crippen LogP contribution in [-0.4, -0.2) is 29.5 Å². The van der Waals surface area contributed by atoms with Crippen molar-refractivity contribution in [3.8, 4) is 22.8 Å². The minimum Gasteiger partial charge on any atom is -0.406 e. The van der Waals surface area contributed by atoms with E-state index in [9.17, 15) is 34.8 Å². The number of aromatic nitrogens is 3. The van der Waals surface area contributed by atoms with Crippen LogP contribution in [0.4, 0.5) is 26.3 Å². The third-order valence-electron chi connectivity index (χ3n) is 3.62. The van der Waals surface area contributed by atoms with Crippen LogP contribution in [0.3, 0.4) is 0 Å². The zero-order chi connectivity index (χ0) is 22.3. The van der Waals surface area contributed by atoms with Gasteiger partial charge >= 0.3 is 12.5 Å². The Morgan fingerprint density at radius 2 is 1.47 bits per heavy atom. The molecule has 2 N–H and O–H groups in total. The van der Waals surface area contributed by atoms with Crippen molar-refractivity contribution in [2.45, 2.75) is 17.4 Å². The Morgan fingerprint density at radius 3 is 1.93 bits per heavy atom. The molecule has 1 heterocycles. The number of sulfonamides is 1. The van der Waals surface area contributed by atoms with Gasteiger partial charge in [-0.25, -0.2) is 23.2 Å². The molecule has 0 saturated heterocycles. The Morgan fingerprint density at radius 1 is 0.900 bits per heavy atom. The second-order valence-electron chi connectivity index (χ2n) is 5.78. The highest BCUT2D eigenvalue weighted by atomic mass is 32.2. The van der Waals surface area contributed by atoms with Crippen LogP contribution in [0.5, 0.6) is 5.75 Å². The summed E-state index contributed by atoms with van der Waals surface area (Å²) >= 11 is 0. The second-order valence-corrected chi connectivity index (χ2v) is 7.34. The molecule has 0 aliphatic rings. The van der Waals surface area contributed by atoms with E-state index in [1.54, 1.807) is 0 Å². The van der Waals surface area contributed by atoms with Crippen LogP contribution >= 0.6 is 0 Å². The van der Waals surface area contributed by atoms with Gasteiger partial charge in [0.25, 0.3) is 5.82 Å². The van der Waals surface area contributed by atoms with E-state index >= 15 is 0 Å². The van der Waals surface area contributed by atoms with Crippen LogP contribution in [0, 0.1) is 0 Å². The SMILES string of the molecule is NS(=O)(=O)c1ccc(-n2nc(C(F)(F)F)nc2-c2ccc(OC(F)(F)F)cc2)cc1. The van der Waals surface area contributed by atoms with Gasteiger partial charge in [0.1, 0.15) is 5.75 Å². The summed E-state index contributed by atoms with van der Waals surface area (Å²) in [5, 5.41) is 8.37. The lowest BCUT2D eigenvalue weighted by molar-refractivity contribution is -0.274. The maximum atomic E-state index is 13.1. The molecule has 0 fully saturated rings. The van der Waals surface area contributed by atoms with Gasteiger partial charge in [0.2, 0.25) is 10.0 Å². The summed E-state index contributed by atoms with van der Waals surface area (Å²) in [7, 11) is -4.03. The molecule has 0 radical (unpaired) electrons. The Bertz CT molecular complexity index is 1150. The lowest BCUT2D eigenvalue weighted by Gasteiger charge is -2.10. The van der Waals surface area contributed by atoms with Gasteiger partial charge < -0.3 is 4.74 Å². The van der Waals surface area contributed by atoms with E-state index in [0.717, 1.165) is 53.2 Å². The zero-order valence-corrected chi connectivity index (χ0v) is 15.3. The summed E-state index contributed by atoms with van der Waals surface area (Å²) in [6.45, 7) is 0. The molecule has 0 amide bonds. The van der Waals surface area contributed by atoms with Gasteiger partial charge in [-0.3, -0.25) is 0 Å². The molecule has 2 aromatic carbocycles. The van der Waals surface area contributed by atoms with E-state index in [1.165, 1.54) is 0 Å². The molecule has 30 heavy (non-hydrogen) atoms. The summed E-state index contributed by atoms with van der Waals surface area (Å²) in [5.74, 6) is -2.42. The number of benzene rings is 2. The van der Waals surface area contributed by atoms with Gasteiger partial charge in [0, 0.05) is 5.56 Å². The summed E-state index contributed by atoms with van der Waals surface area (Å²) in [6.07, 6.45) is -9.84. The van der Waals surface area contributed by atoms with Crippen molar-refractivity contribution in [3.63, 3.8) is 0 Å². The van der Waals surface area contributed by atoms with Crippen molar-refractivity contribution >= 4 is 10.0 Å². The number of nitrogens with two attached hydrogens (primary N) is 1. The minimum absolute atomic E-state index is 0.00282. The highest BCUT2D eigenvalue weighted by molar-refractivity contribution is 7.89. The highest BCUT2D eigenvalue weighted by Crippen LogP contribution is 2.32. The van der Waals surface area contributed by atoms with Gasteiger partial charge in [-0.1, -0.05) is 0 Å². The number of primary sulfonamides is 1. The summed E-state index contributed by atoms with van der Waals surface area (Å²) < 4.78 is 103. The predicted octanol–water partition coefficient (Wildman–Crippen LogP) is 3.50. The van der Waals surface area contributed by atoms with Gasteiger partial charge in [0.15, 0.2) is 5.82 Å². The first kappa shape index (κ1) is 21.6. The maximum Gasteiger partial charge on any atom is 0.573 e. The van der Waals surface area contributed by atoms with Crippen LogP contribution in [0.1, 0.15) is 5.82 Å². The Labute approximate surface area is 164 Å². The van der Waals surface area contributed by atoms with Crippen molar-refractivity contribution in [1.82, 2.24) is 14.8 Å². The molecular weight excluding hydrogens is 442 g/mol. The van der Waals surface area contributed by atoms with Crippen molar-refractivity contribution in [3.05, 3.63) is 54.4 Å². The molecule has 0 aliphatic heterocycles. The van der Waals surface area contributed by atoms with E-state index in [2.05, 4.69) is 14.8 Å². The van der Waals surface area contributed by atoms with E-state index in [-0.39, 0.29) is 22.0 Å². The van der Waals surface area contributed by atoms with Crippen molar-refractivity contribution in [2.75, 3.05) is 0 Å². The number of alkyl halides is 6. The van der Waals surface area contributed by atoms with Gasteiger partial charge in [0.05, 0.1) is 10.6 Å². The quantitative estimate of drug-likeness (QED) is 0.611. The molecule has 0 unspecified atom stereocenters. The van der Waals surface area contributed by atoms with Crippen LogP contribution < -0.4 is 9.88 Å². The van der Waals surface area contributed by atoms with Crippen molar-refractivity contribution in [2.24, 2.45) is 5.14 Å². The highest BCUT2D eigenvalue weighted by Gasteiger charge is 2.37. The maximum absolute atomic E-state index is 13.1. The molecule has 7 nitrogen and oxygen atoms in total. The molecule has 14 heteroatoms. The number of halogens is 6. The number of nitrogens with zero attached hydrogens (tertiary/aromatic N) is 3. The van der Waals surface area contributed by atoms with Crippen LogP contribution in [0.2, 0.25) is 0 Å². The molecule has 3 rings (SSSR count). The summed E-state index contributed by atoms with van der Waals surface area (Å²) in [6, 6.07) is 8.37. The Balaban J connectivity index is 2.07. The molecule has 0 aliphatic carbocycles. The predicted molar refractivity (Wildman–Crippen MR) is 89.9 cm³/mol. The van der Waals surface area contributed by atoms with E-state index in [0.29, 0.717) is 0 Å². The fraction of sp³-hybridized carbons (Fsp3) is 0.125. The second kappa shape index (κ2) is 7.28. The fourth-order valence-electron chi connectivity index (χ4n) is 2.38. The molecule has 1 aromatic heterocycles. The first-order valence-electron chi connectivity index (χ1n) is 7.78. The van der Waals surface area contributed by atoms with E-state index in [1.807, 2.05) is 0 Å². The third-order valence-corrected chi connectivity index (χ3v) is 4.55. The molecule has 160 valence electrons. The number of ether oxygens (including phenoxy) is 1. The lowest BCUT2D eigenvalue weighted by atomic mass is 10.2. The first-order valence-corrected chi connectivity index (χ1v) is 9.32. The molecule has 0 bridgehead atoms. The third kappa shape index (κ3) is 4.88. The number of hydrogen-bond donors (Lipinski definition) is 1. The average Bonchev–Trinajstić information content (AvgIpc) is 3.06. The molecule has 0 saturated carbocycles. The van der Waals surface area contributed by atoms with E-state index in [4.69, 9.17) is 5.14 Å². The first-order chi connectivity index (χ1) is 13.7. The van der Waals surface area contributed by atoms with Crippen molar-refractivity contribution in [1.29, 1.82) is 0 Å². The van der Waals surface area contributed by atoms with Crippen LogP contribution in [0.15, 0.2) is 53.4 Å². The number of rotatable bonds is 4. The lowest BCUT2D eigenvalue weighted by Crippen LogP contribution is -2.16. The average molecular weight is 452 g/mol. The minimum atomic E-state index is -4.93. The fourth-order valence-corrected chi connectivity index (χ4v) is 2.90. The van der Waals surface area contributed by atoms with Gasteiger partial charge in [-0.15, -0.1) is 18.3 Å². The molecule has 0 atom stereocenters. The topological polar surface area (TPSA) is 100 Å². The Hall–Kier alpha value is -3.13. The van der Waals surface area contributed by atoms with E-state index < -0.39 is 34.1 Å². The van der Waals surface area contributed by atoms with Crippen LogP contribution in [-0.2, 0) is 16.2 Å². The van der Waals surface area contributed by atoms with Gasteiger partial charge in [-0.05, 0) is 48.5 Å². The van der Waals surface area contributed by atoms with Crippen LogP contribution in [0.25, 0.3) is 17.1 Å². The normalized spacial score (nSPS) is 12.8. The monoisotopic (exact) mass is 452 g/mol. The molecular formula is C16H10F6N4O3S.